The van der Waals surface area contributed by atoms with E-state index in [0.29, 0.717) is 11.5 Å². The first kappa shape index (κ1) is 15.6. The van der Waals surface area contributed by atoms with Gasteiger partial charge in [-0.05, 0) is 25.1 Å². The van der Waals surface area contributed by atoms with Gasteiger partial charge in [-0.25, -0.2) is 0 Å². The summed E-state index contributed by atoms with van der Waals surface area (Å²) in [6.07, 6.45) is -1.12. The van der Waals surface area contributed by atoms with Crippen molar-refractivity contribution in [2.24, 2.45) is 0 Å². The Bertz CT molecular complexity index is 501. The van der Waals surface area contributed by atoms with Crippen molar-refractivity contribution in [3.63, 3.8) is 0 Å². The van der Waals surface area contributed by atoms with Gasteiger partial charge in [-0.2, -0.15) is 0 Å². The van der Waals surface area contributed by atoms with Gasteiger partial charge in [0.05, 0.1) is 27.8 Å². The number of ether oxygens (including phenoxy) is 5. The van der Waals surface area contributed by atoms with Crippen LogP contribution in [0.2, 0.25) is 0 Å². The average Bonchev–Trinajstić information content (AvgIpc) is 2.86. The van der Waals surface area contributed by atoms with Crippen molar-refractivity contribution in [2.75, 3.05) is 21.3 Å². The summed E-state index contributed by atoms with van der Waals surface area (Å²) in [6.45, 7) is 1.79. The van der Waals surface area contributed by atoms with Gasteiger partial charge >= 0.3 is 5.97 Å². The molecule has 1 saturated heterocycles. The molecule has 0 N–H and O–H groups in total. The normalized spacial score (nSPS) is 24.7. The topological polar surface area (TPSA) is 63.2 Å². The molecule has 0 spiro atoms. The van der Waals surface area contributed by atoms with E-state index in [1.807, 2.05) is 6.07 Å². The Kier molecular flexibility index (Phi) is 5.03. The third-order valence-electron chi connectivity index (χ3n) is 3.38. The van der Waals surface area contributed by atoms with Crippen LogP contribution in [0, 0.1) is 0 Å². The summed E-state index contributed by atoms with van der Waals surface area (Å²) in [5.74, 6) is 1.00. The number of hydrogen-bond acceptors (Lipinski definition) is 6. The average molecular weight is 296 g/mol. The molecule has 1 heterocycles. The molecule has 0 unspecified atom stereocenters. The Morgan fingerprint density at radius 1 is 1.19 bits per heavy atom. The third-order valence-corrected chi connectivity index (χ3v) is 3.38. The standard InChI is InChI=1S/C15H20O6/c1-9-20-13(8-14(16)19-4)15(21-9)11-7-10(17-2)5-6-12(11)18-3/h5-7,9,13,15H,8H2,1-4H3/t9-,13+,15+/m1/s1. The predicted molar refractivity (Wildman–Crippen MR) is 74.3 cm³/mol. The van der Waals surface area contributed by atoms with Gasteiger partial charge in [0.1, 0.15) is 23.7 Å². The van der Waals surface area contributed by atoms with Gasteiger partial charge in [0.2, 0.25) is 0 Å². The minimum atomic E-state index is -0.423. The summed E-state index contributed by atoms with van der Waals surface area (Å²) in [6, 6.07) is 5.43. The predicted octanol–water partition coefficient (Wildman–Crippen LogP) is 2.07. The second-order valence-corrected chi connectivity index (χ2v) is 4.69. The molecule has 6 nitrogen and oxygen atoms in total. The van der Waals surface area contributed by atoms with Crippen LogP contribution in [-0.4, -0.2) is 39.7 Å². The van der Waals surface area contributed by atoms with Gasteiger partial charge in [-0.1, -0.05) is 0 Å². The van der Waals surface area contributed by atoms with Gasteiger partial charge < -0.3 is 23.7 Å². The molecule has 1 aromatic rings. The van der Waals surface area contributed by atoms with Crippen LogP contribution >= 0.6 is 0 Å². The number of carbonyl (C=O) groups excluding carboxylic acids is 1. The first-order valence-electron chi connectivity index (χ1n) is 6.68. The lowest BCUT2D eigenvalue weighted by Crippen LogP contribution is -2.21. The van der Waals surface area contributed by atoms with Crippen molar-refractivity contribution in [1.82, 2.24) is 0 Å². The lowest BCUT2D eigenvalue weighted by molar-refractivity contribution is -0.143. The second kappa shape index (κ2) is 6.78. The summed E-state index contributed by atoms with van der Waals surface area (Å²) < 4.78 is 26.7. The van der Waals surface area contributed by atoms with Gasteiger partial charge in [-0.3, -0.25) is 4.79 Å². The van der Waals surface area contributed by atoms with E-state index in [9.17, 15) is 4.79 Å². The van der Waals surface area contributed by atoms with Crippen LogP contribution in [0.3, 0.4) is 0 Å². The Morgan fingerprint density at radius 2 is 1.95 bits per heavy atom. The molecule has 0 amide bonds. The molecule has 3 atom stereocenters. The number of rotatable bonds is 5. The molecule has 0 aromatic heterocycles. The quantitative estimate of drug-likeness (QED) is 0.775. The van der Waals surface area contributed by atoms with Gasteiger partial charge in [0.25, 0.3) is 0 Å². The number of benzene rings is 1. The molecule has 6 heteroatoms. The lowest BCUT2D eigenvalue weighted by atomic mass is 10.0. The largest absolute Gasteiger partial charge is 0.497 e. The van der Waals surface area contributed by atoms with Crippen molar-refractivity contribution in [2.45, 2.75) is 31.8 Å². The zero-order chi connectivity index (χ0) is 15.4. The maximum absolute atomic E-state index is 11.5. The molecule has 21 heavy (non-hydrogen) atoms. The molecular formula is C15H20O6. The molecule has 1 fully saturated rings. The Hall–Kier alpha value is -1.79. The Balaban J connectivity index is 2.31. The summed E-state index contributed by atoms with van der Waals surface area (Å²) in [7, 11) is 4.52. The molecule has 116 valence electrons. The molecule has 0 aliphatic carbocycles. The smallest absolute Gasteiger partial charge is 0.308 e. The zero-order valence-corrected chi connectivity index (χ0v) is 12.6. The fourth-order valence-electron chi connectivity index (χ4n) is 2.38. The van der Waals surface area contributed by atoms with E-state index in [1.54, 1.807) is 33.3 Å². The molecule has 2 rings (SSSR count). The highest BCUT2D eigenvalue weighted by Crippen LogP contribution is 2.40. The number of hydrogen-bond donors (Lipinski definition) is 0. The van der Waals surface area contributed by atoms with E-state index in [2.05, 4.69) is 0 Å². The van der Waals surface area contributed by atoms with E-state index in [0.717, 1.165) is 5.56 Å². The van der Waals surface area contributed by atoms with E-state index >= 15 is 0 Å². The van der Waals surface area contributed by atoms with Crippen molar-refractivity contribution >= 4 is 5.97 Å². The van der Waals surface area contributed by atoms with Crippen molar-refractivity contribution in [1.29, 1.82) is 0 Å². The highest BCUT2D eigenvalue weighted by Gasteiger charge is 2.38. The maximum Gasteiger partial charge on any atom is 0.308 e. The van der Waals surface area contributed by atoms with Crippen LogP contribution in [0.15, 0.2) is 18.2 Å². The maximum atomic E-state index is 11.5. The van der Waals surface area contributed by atoms with Crippen LogP contribution < -0.4 is 9.47 Å². The van der Waals surface area contributed by atoms with E-state index in [-0.39, 0.29) is 12.4 Å². The van der Waals surface area contributed by atoms with Gasteiger partial charge in [-0.15, -0.1) is 0 Å². The van der Waals surface area contributed by atoms with E-state index in [1.165, 1.54) is 7.11 Å². The van der Waals surface area contributed by atoms with Crippen LogP contribution in [0.1, 0.15) is 25.0 Å². The number of esters is 1. The zero-order valence-electron chi connectivity index (χ0n) is 12.6. The highest BCUT2D eigenvalue weighted by atomic mass is 16.7. The fraction of sp³-hybridized carbons (Fsp3) is 0.533. The van der Waals surface area contributed by atoms with Gasteiger partial charge in [0.15, 0.2) is 6.29 Å². The van der Waals surface area contributed by atoms with Crippen LogP contribution in [0.25, 0.3) is 0 Å². The first-order valence-corrected chi connectivity index (χ1v) is 6.68. The van der Waals surface area contributed by atoms with Crippen LogP contribution in [-0.2, 0) is 19.0 Å². The molecule has 0 radical (unpaired) electrons. The van der Waals surface area contributed by atoms with E-state index in [4.69, 9.17) is 23.7 Å². The van der Waals surface area contributed by atoms with Crippen molar-refractivity contribution in [3.8, 4) is 11.5 Å². The van der Waals surface area contributed by atoms with Crippen LogP contribution in [0.4, 0.5) is 0 Å². The summed E-state index contributed by atoms with van der Waals surface area (Å²) in [5, 5.41) is 0. The Labute approximate surface area is 123 Å². The third kappa shape index (κ3) is 3.46. The van der Waals surface area contributed by atoms with E-state index < -0.39 is 18.5 Å². The Morgan fingerprint density at radius 3 is 2.57 bits per heavy atom. The summed E-state index contributed by atoms with van der Waals surface area (Å²) in [5.41, 5.74) is 0.787. The first-order chi connectivity index (χ1) is 10.1. The van der Waals surface area contributed by atoms with Crippen molar-refractivity contribution in [3.05, 3.63) is 23.8 Å². The number of methoxy groups -OCH3 is 3. The van der Waals surface area contributed by atoms with Gasteiger partial charge in [0, 0.05) is 5.56 Å². The minimum Gasteiger partial charge on any atom is -0.497 e. The van der Waals surface area contributed by atoms with Crippen molar-refractivity contribution < 1.29 is 28.5 Å². The number of carbonyl (C=O) groups is 1. The molecular weight excluding hydrogens is 276 g/mol. The highest BCUT2D eigenvalue weighted by molar-refractivity contribution is 5.70. The monoisotopic (exact) mass is 296 g/mol. The molecule has 0 bridgehead atoms. The SMILES string of the molecule is COC(=O)C[C@@H]1O[C@@H](C)O[C@H]1c1cc(OC)ccc1OC. The fourth-order valence-corrected chi connectivity index (χ4v) is 2.38. The minimum absolute atomic E-state index is 0.117. The van der Waals surface area contributed by atoms with Crippen LogP contribution in [0.5, 0.6) is 11.5 Å². The second-order valence-electron chi connectivity index (χ2n) is 4.69. The molecule has 1 aliphatic rings. The molecule has 0 saturated carbocycles. The molecule has 1 aromatic carbocycles. The lowest BCUT2D eigenvalue weighted by Gasteiger charge is -2.19. The summed E-state index contributed by atoms with van der Waals surface area (Å²) >= 11 is 0. The molecule has 1 aliphatic heterocycles. The summed E-state index contributed by atoms with van der Waals surface area (Å²) in [4.78, 5) is 11.5.